The fourth-order valence-corrected chi connectivity index (χ4v) is 2.46. The molecule has 0 spiro atoms. The number of hydrogen-bond acceptors (Lipinski definition) is 1. The van der Waals surface area contributed by atoms with Gasteiger partial charge in [0.25, 0.3) is 0 Å². The minimum atomic E-state index is 0.599. The molecule has 0 fully saturated rings. The topological polar surface area (TPSA) is 13.1 Å². The fraction of sp³-hybridized carbons (Fsp3) is 0.200. The molecule has 1 aromatic heterocycles. The number of aryl methyl sites for hydroxylation is 1. The summed E-state index contributed by atoms with van der Waals surface area (Å²) in [6.45, 7) is 0. The SMILES string of the molecule is Clc1cc(Cl)c2c(CCBr)coc2c1. The molecule has 0 aliphatic rings. The van der Waals surface area contributed by atoms with Crippen LogP contribution in [-0.2, 0) is 6.42 Å². The Balaban J connectivity index is 2.66. The van der Waals surface area contributed by atoms with E-state index in [2.05, 4.69) is 15.9 Å². The van der Waals surface area contributed by atoms with Crippen molar-refractivity contribution in [1.29, 1.82) is 0 Å². The highest BCUT2D eigenvalue weighted by molar-refractivity contribution is 9.09. The monoisotopic (exact) mass is 292 g/mol. The van der Waals surface area contributed by atoms with Gasteiger partial charge >= 0.3 is 0 Å². The van der Waals surface area contributed by atoms with E-state index in [1.54, 1.807) is 18.4 Å². The van der Waals surface area contributed by atoms with Gasteiger partial charge in [-0.2, -0.15) is 0 Å². The molecule has 0 atom stereocenters. The van der Waals surface area contributed by atoms with Gasteiger partial charge in [-0.25, -0.2) is 0 Å². The van der Waals surface area contributed by atoms with Gasteiger partial charge in [-0.05, 0) is 12.5 Å². The van der Waals surface area contributed by atoms with Crippen molar-refractivity contribution in [2.24, 2.45) is 0 Å². The smallest absolute Gasteiger partial charge is 0.137 e. The minimum Gasteiger partial charge on any atom is -0.464 e. The van der Waals surface area contributed by atoms with Crippen molar-refractivity contribution < 1.29 is 4.42 Å². The molecule has 4 heteroatoms. The molecule has 0 bridgehead atoms. The summed E-state index contributed by atoms with van der Waals surface area (Å²) in [4.78, 5) is 0. The van der Waals surface area contributed by atoms with Gasteiger partial charge in [0.05, 0.1) is 11.3 Å². The van der Waals surface area contributed by atoms with E-state index in [-0.39, 0.29) is 0 Å². The predicted molar refractivity (Wildman–Crippen MR) is 63.7 cm³/mol. The highest BCUT2D eigenvalue weighted by Gasteiger charge is 2.10. The molecule has 0 saturated carbocycles. The molecule has 74 valence electrons. The molecule has 0 aliphatic heterocycles. The van der Waals surface area contributed by atoms with Crippen LogP contribution in [-0.4, -0.2) is 5.33 Å². The summed E-state index contributed by atoms with van der Waals surface area (Å²) in [5.74, 6) is 0. The Labute approximate surface area is 100 Å². The summed E-state index contributed by atoms with van der Waals surface area (Å²) in [5.41, 5.74) is 1.86. The minimum absolute atomic E-state index is 0.599. The number of benzene rings is 1. The van der Waals surface area contributed by atoms with Crippen LogP contribution >= 0.6 is 39.1 Å². The summed E-state index contributed by atoms with van der Waals surface area (Å²) < 4.78 is 5.37. The molecule has 0 N–H and O–H groups in total. The van der Waals surface area contributed by atoms with Gasteiger partial charge < -0.3 is 4.42 Å². The molecule has 2 rings (SSSR count). The molecule has 0 saturated heterocycles. The van der Waals surface area contributed by atoms with Crippen LogP contribution in [0, 0.1) is 0 Å². The number of fused-ring (bicyclic) bond motifs is 1. The van der Waals surface area contributed by atoms with Crippen LogP contribution < -0.4 is 0 Å². The van der Waals surface area contributed by atoms with E-state index >= 15 is 0 Å². The molecule has 0 unspecified atom stereocenters. The second-order valence-corrected chi connectivity index (χ2v) is 4.60. The van der Waals surface area contributed by atoms with Crippen molar-refractivity contribution in [2.75, 3.05) is 5.33 Å². The van der Waals surface area contributed by atoms with E-state index in [0.29, 0.717) is 10.0 Å². The first kappa shape index (κ1) is 10.3. The maximum atomic E-state index is 6.08. The number of halogens is 3. The molecular formula is C10H7BrCl2O. The summed E-state index contributed by atoms with van der Waals surface area (Å²) in [6.07, 6.45) is 2.63. The average molecular weight is 294 g/mol. The van der Waals surface area contributed by atoms with Crippen molar-refractivity contribution >= 4 is 50.1 Å². The Morgan fingerprint density at radius 1 is 1.29 bits per heavy atom. The van der Waals surface area contributed by atoms with Crippen molar-refractivity contribution in [3.05, 3.63) is 34.0 Å². The largest absolute Gasteiger partial charge is 0.464 e. The molecule has 1 aromatic carbocycles. The lowest BCUT2D eigenvalue weighted by atomic mass is 10.1. The Morgan fingerprint density at radius 2 is 2.07 bits per heavy atom. The molecular weight excluding hydrogens is 287 g/mol. The van der Waals surface area contributed by atoms with E-state index < -0.39 is 0 Å². The van der Waals surface area contributed by atoms with Gasteiger partial charge in [0.15, 0.2) is 0 Å². The van der Waals surface area contributed by atoms with Crippen LogP contribution in [0.5, 0.6) is 0 Å². The molecule has 14 heavy (non-hydrogen) atoms. The lowest BCUT2D eigenvalue weighted by Gasteiger charge is -1.97. The first-order valence-electron chi connectivity index (χ1n) is 4.13. The van der Waals surface area contributed by atoms with Crippen LogP contribution in [0.4, 0.5) is 0 Å². The Bertz CT molecular complexity index is 464. The van der Waals surface area contributed by atoms with E-state index in [1.807, 2.05) is 0 Å². The summed E-state index contributed by atoms with van der Waals surface area (Å²) >= 11 is 15.3. The van der Waals surface area contributed by atoms with Crippen LogP contribution in [0.15, 0.2) is 22.8 Å². The van der Waals surface area contributed by atoms with Crippen LogP contribution in [0.2, 0.25) is 10.0 Å². The third-order valence-corrected chi connectivity index (χ3v) is 2.94. The van der Waals surface area contributed by atoms with Gasteiger partial charge in [0, 0.05) is 27.4 Å². The Kier molecular flexibility index (Phi) is 3.05. The zero-order chi connectivity index (χ0) is 10.1. The number of hydrogen-bond donors (Lipinski definition) is 0. The van der Waals surface area contributed by atoms with E-state index in [4.69, 9.17) is 27.6 Å². The molecule has 0 radical (unpaired) electrons. The Hall–Kier alpha value is -0.180. The lowest BCUT2D eigenvalue weighted by Crippen LogP contribution is -1.83. The van der Waals surface area contributed by atoms with E-state index in [0.717, 1.165) is 28.3 Å². The van der Waals surface area contributed by atoms with Crippen molar-refractivity contribution in [3.8, 4) is 0 Å². The van der Waals surface area contributed by atoms with Crippen molar-refractivity contribution in [3.63, 3.8) is 0 Å². The maximum absolute atomic E-state index is 6.08. The second kappa shape index (κ2) is 4.13. The second-order valence-electron chi connectivity index (χ2n) is 2.96. The Morgan fingerprint density at radius 3 is 2.79 bits per heavy atom. The van der Waals surface area contributed by atoms with E-state index in [9.17, 15) is 0 Å². The molecule has 0 aliphatic carbocycles. The average Bonchev–Trinajstić information content (AvgIpc) is 2.49. The lowest BCUT2D eigenvalue weighted by molar-refractivity contribution is 0.611. The molecule has 1 nitrogen and oxygen atoms in total. The molecule has 2 aromatic rings. The maximum Gasteiger partial charge on any atom is 0.137 e. The zero-order valence-corrected chi connectivity index (χ0v) is 10.3. The fourth-order valence-electron chi connectivity index (χ4n) is 1.43. The normalized spacial score (nSPS) is 11.1. The predicted octanol–water partition coefficient (Wildman–Crippen LogP) is 4.68. The standard InChI is InChI=1S/C10H7BrCl2O/c11-2-1-6-5-14-9-4-7(12)3-8(13)10(6)9/h3-5H,1-2H2. The first-order chi connectivity index (χ1) is 6.72. The van der Waals surface area contributed by atoms with Gasteiger partial charge in [0.2, 0.25) is 0 Å². The van der Waals surface area contributed by atoms with Gasteiger partial charge in [0.1, 0.15) is 5.58 Å². The molecule has 0 amide bonds. The highest BCUT2D eigenvalue weighted by atomic mass is 79.9. The highest BCUT2D eigenvalue weighted by Crippen LogP contribution is 2.32. The summed E-state index contributed by atoms with van der Waals surface area (Å²) in [7, 11) is 0. The summed E-state index contributed by atoms with van der Waals surface area (Å²) in [5, 5.41) is 3.11. The van der Waals surface area contributed by atoms with Crippen LogP contribution in [0.1, 0.15) is 5.56 Å². The van der Waals surface area contributed by atoms with E-state index in [1.165, 1.54) is 0 Å². The van der Waals surface area contributed by atoms with Gasteiger partial charge in [-0.3, -0.25) is 0 Å². The molecule has 1 heterocycles. The number of alkyl halides is 1. The number of furan rings is 1. The first-order valence-corrected chi connectivity index (χ1v) is 6.01. The van der Waals surface area contributed by atoms with Crippen LogP contribution in [0.3, 0.4) is 0 Å². The zero-order valence-electron chi connectivity index (χ0n) is 7.19. The third-order valence-electron chi connectivity index (χ3n) is 2.03. The third kappa shape index (κ3) is 1.79. The quantitative estimate of drug-likeness (QED) is 0.733. The number of rotatable bonds is 2. The van der Waals surface area contributed by atoms with Gasteiger partial charge in [-0.15, -0.1) is 0 Å². The van der Waals surface area contributed by atoms with Crippen LogP contribution in [0.25, 0.3) is 11.0 Å². The van der Waals surface area contributed by atoms with Crippen molar-refractivity contribution in [1.82, 2.24) is 0 Å². The van der Waals surface area contributed by atoms with Gasteiger partial charge in [-0.1, -0.05) is 39.1 Å². The van der Waals surface area contributed by atoms with Crippen molar-refractivity contribution in [2.45, 2.75) is 6.42 Å². The summed E-state index contributed by atoms with van der Waals surface area (Å²) in [6, 6.07) is 3.51.